The molecule has 0 aliphatic carbocycles. The van der Waals surface area contributed by atoms with E-state index >= 15 is 0 Å². The zero-order chi connectivity index (χ0) is 24.5. The summed E-state index contributed by atoms with van der Waals surface area (Å²) >= 11 is 0. The minimum atomic E-state index is -1.26. The highest BCUT2D eigenvalue weighted by Crippen LogP contribution is 2.27. The molecule has 2 N–H and O–H groups in total. The van der Waals surface area contributed by atoms with E-state index in [4.69, 9.17) is 14.7 Å². The molecule has 0 amide bonds. The number of carboxylic acid groups (broad SMARTS) is 2. The Morgan fingerprint density at radius 3 is 2.26 bits per heavy atom. The predicted molar refractivity (Wildman–Crippen MR) is 131 cm³/mol. The van der Waals surface area contributed by atoms with Crippen LogP contribution in [0.1, 0.15) is 41.6 Å². The minimum Gasteiger partial charge on any atom is -0.478 e. The Morgan fingerprint density at radius 1 is 1.03 bits per heavy atom. The number of aromatic nitrogens is 1. The van der Waals surface area contributed by atoms with Gasteiger partial charge in [-0.1, -0.05) is 35.5 Å². The molecular formula is C27H32N2O5. The smallest absolute Gasteiger partial charge is 0.328 e. The molecule has 2 aromatic carbocycles. The van der Waals surface area contributed by atoms with E-state index in [2.05, 4.69) is 66.4 Å². The number of hydrogen-bond acceptors (Lipinski definition) is 5. The quantitative estimate of drug-likeness (QED) is 0.474. The van der Waals surface area contributed by atoms with Crippen LogP contribution in [0.5, 0.6) is 0 Å². The van der Waals surface area contributed by atoms with Gasteiger partial charge in [0.15, 0.2) is 5.58 Å². The van der Waals surface area contributed by atoms with Gasteiger partial charge in [-0.25, -0.2) is 9.59 Å². The van der Waals surface area contributed by atoms with E-state index in [0.717, 1.165) is 30.2 Å². The Balaban J connectivity index is 0.000000350. The fourth-order valence-electron chi connectivity index (χ4n) is 4.18. The average Bonchev–Trinajstić information content (AvgIpc) is 3.20. The Hall–Kier alpha value is -3.45. The molecule has 3 aromatic rings. The van der Waals surface area contributed by atoms with Crippen LogP contribution in [0.25, 0.3) is 11.0 Å². The van der Waals surface area contributed by atoms with E-state index in [9.17, 15) is 9.59 Å². The Morgan fingerprint density at radius 2 is 1.65 bits per heavy atom. The Kier molecular flexibility index (Phi) is 8.99. The highest BCUT2D eigenvalue weighted by atomic mass is 16.5. The number of carbonyl (C=O) groups is 2. The second-order valence-electron chi connectivity index (χ2n) is 8.82. The molecule has 7 nitrogen and oxygen atoms in total. The normalized spacial score (nSPS) is 14.8. The summed E-state index contributed by atoms with van der Waals surface area (Å²) in [5, 5.41) is 21.2. The van der Waals surface area contributed by atoms with Crippen molar-refractivity contribution in [3.05, 3.63) is 77.0 Å². The molecule has 0 spiro atoms. The summed E-state index contributed by atoms with van der Waals surface area (Å²) in [7, 11) is 0. The molecule has 0 radical (unpaired) electrons. The lowest BCUT2D eigenvalue weighted by atomic mass is 9.91. The fourth-order valence-corrected chi connectivity index (χ4v) is 4.18. The summed E-state index contributed by atoms with van der Waals surface area (Å²) in [5.74, 6) is -1.71. The molecule has 0 saturated carbocycles. The first-order valence-electron chi connectivity index (χ1n) is 11.6. The standard InChI is InChI=1S/C23H28N2O.C4H4O4/c1-17-14-21-22(24-26-23(21)15-18(17)2)9-8-19-10-12-25(13-11-19)16-20-6-4-3-5-7-20;5-3(6)1-2-4(7)8/h3-7,14-15,19H,8-13,16H2,1-2H3;1-2H,(H,5,6)(H,7,8). The molecule has 0 atom stereocenters. The van der Waals surface area contributed by atoms with Gasteiger partial charge < -0.3 is 14.7 Å². The summed E-state index contributed by atoms with van der Waals surface area (Å²) in [6, 6.07) is 15.2. The van der Waals surface area contributed by atoms with Crippen LogP contribution in [0.2, 0.25) is 0 Å². The topological polar surface area (TPSA) is 104 Å². The molecule has 1 aliphatic rings. The van der Waals surface area contributed by atoms with Gasteiger partial charge in [0.2, 0.25) is 0 Å². The van der Waals surface area contributed by atoms with Crippen LogP contribution >= 0.6 is 0 Å². The predicted octanol–water partition coefficient (Wildman–Crippen LogP) is 5.00. The lowest BCUT2D eigenvalue weighted by molar-refractivity contribution is -0.134. The number of rotatable bonds is 7. The first-order valence-corrected chi connectivity index (χ1v) is 11.6. The van der Waals surface area contributed by atoms with Gasteiger partial charge in [-0.3, -0.25) is 4.90 Å². The number of nitrogens with zero attached hydrogens (tertiary/aromatic N) is 2. The van der Waals surface area contributed by atoms with Crippen LogP contribution in [0.15, 0.2) is 59.1 Å². The molecule has 1 fully saturated rings. The van der Waals surface area contributed by atoms with Crippen LogP contribution < -0.4 is 0 Å². The SMILES string of the molecule is Cc1cc2onc(CCC3CCN(Cc4ccccc4)CC3)c2cc1C.O=C(O)C=CC(=O)O. The second kappa shape index (κ2) is 12.1. The first kappa shape index (κ1) is 25.2. The van der Waals surface area contributed by atoms with Gasteiger partial charge in [0.1, 0.15) is 0 Å². The molecule has 7 heteroatoms. The van der Waals surface area contributed by atoms with Crippen molar-refractivity contribution in [2.75, 3.05) is 13.1 Å². The number of aryl methyl sites for hydroxylation is 3. The average molecular weight is 465 g/mol. The lowest BCUT2D eigenvalue weighted by Crippen LogP contribution is -2.33. The van der Waals surface area contributed by atoms with Crippen molar-refractivity contribution in [2.24, 2.45) is 5.92 Å². The van der Waals surface area contributed by atoms with Gasteiger partial charge in [-0.2, -0.15) is 0 Å². The van der Waals surface area contributed by atoms with Crippen molar-refractivity contribution in [2.45, 2.75) is 46.1 Å². The number of carboxylic acids is 2. The van der Waals surface area contributed by atoms with Crippen LogP contribution in [0.3, 0.4) is 0 Å². The number of fused-ring (bicyclic) bond motifs is 1. The molecule has 2 heterocycles. The first-order chi connectivity index (χ1) is 16.3. The molecule has 0 unspecified atom stereocenters. The van der Waals surface area contributed by atoms with Gasteiger partial charge >= 0.3 is 11.9 Å². The van der Waals surface area contributed by atoms with Crippen LogP contribution in [-0.2, 0) is 22.6 Å². The van der Waals surface area contributed by atoms with E-state index in [0.29, 0.717) is 12.2 Å². The summed E-state index contributed by atoms with van der Waals surface area (Å²) in [6.07, 6.45) is 5.94. The maximum absolute atomic E-state index is 9.55. The van der Waals surface area contributed by atoms with E-state index in [1.54, 1.807) is 0 Å². The van der Waals surface area contributed by atoms with Crippen LogP contribution in [0.4, 0.5) is 0 Å². The van der Waals surface area contributed by atoms with Gasteiger partial charge in [-0.05, 0) is 87.4 Å². The molecule has 0 bridgehead atoms. The van der Waals surface area contributed by atoms with Gasteiger partial charge in [0.05, 0.1) is 5.69 Å². The van der Waals surface area contributed by atoms with Gasteiger partial charge in [0.25, 0.3) is 0 Å². The lowest BCUT2D eigenvalue weighted by Gasteiger charge is -2.31. The molecule has 4 rings (SSSR count). The number of benzene rings is 2. The largest absolute Gasteiger partial charge is 0.478 e. The highest BCUT2D eigenvalue weighted by molar-refractivity contribution is 5.89. The maximum Gasteiger partial charge on any atom is 0.328 e. The summed E-state index contributed by atoms with van der Waals surface area (Å²) < 4.78 is 5.55. The summed E-state index contributed by atoms with van der Waals surface area (Å²) in [5.41, 5.74) is 6.07. The van der Waals surface area contributed by atoms with Gasteiger partial charge in [-0.15, -0.1) is 0 Å². The molecule has 34 heavy (non-hydrogen) atoms. The summed E-state index contributed by atoms with van der Waals surface area (Å²) in [4.78, 5) is 21.7. The second-order valence-corrected chi connectivity index (χ2v) is 8.82. The zero-order valence-corrected chi connectivity index (χ0v) is 19.7. The molecular weight excluding hydrogens is 432 g/mol. The highest BCUT2D eigenvalue weighted by Gasteiger charge is 2.20. The third kappa shape index (κ3) is 7.56. The molecule has 1 aromatic heterocycles. The Labute approximate surface area is 199 Å². The van der Waals surface area contributed by atoms with Crippen molar-refractivity contribution in [3.63, 3.8) is 0 Å². The number of hydrogen-bond donors (Lipinski definition) is 2. The molecule has 180 valence electrons. The third-order valence-corrected chi connectivity index (χ3v) is 6.28. The monoisotopic (exact) mass is 464 g/mol. The zero-order valence-electron chi connectivity index (χ0n) is 19.7. The van der Waals surface area contributed by atoms with Crippen molar-refractivity contribution >= 4 is 22.9 Å². The summed E-state index contributed by atoms with van der Waals surface area (Å²) in [6.45, 7) is 7.78. The molecule has 1 saturated heterocycles. The van der Waals surface area contributed by atoms with Crippen molar-refractivity contribution in [1.29, 1.82) is 0 Å². The van der Waals surface area contributed by atoms with Crippen molar-refractivity contribution in [1.82, 2.24) is 10.1 Å². The van der Waals surface area contributed by atoms with E-state index in [-0.39, 0.29) is 0 Å². The van der Waals surface area contributed by atoms with Crippen LogP contribution in [0, 0.1) is 19.8 Å². The fraction of sp³-hybridized carbons (Fsp3) is 0.370. The van der Waals surface area contributed by atoms with Crippen molar-refractivity contribution < 1.29 is 24.3 Å². The van der Waals surface area contributed by atoms with Crippen LogP contribution in [-0.4, -0.2) is 45.3 Å². The maximum atomic E-state index is 9.55. The number of piperidine rings is 1. The Bertz CT molecular complexity index is 1110. The molecule has 1 aliphatic heterocycles. The van der Waals surface area contributed by atoms with E-state index in [1.165, 1.54) is 54.4 Å². The number of aliphatic carboxylic acids is 2. The van der Waals surface area contributed by atoms with E-state index in [1.807, 2.05) is 0 Å². The third-order valence-electron chi connectivity index (χ3n) is 6.28. The van der Waals surface area contributed by atoms with Crippen molar-refractivity contribution in [3.8, 4) is 0 Å². The minimum absolute atomic E-state index is 0.558. The van der Waals surface area contributed by atoms with E-state index < -0.39 is 11.9 Å². The number of likely N-dealkylation sites (tertiary alicyclic amines) is 1. The van der Waals surface area contributed by atoms with Gasteiger partial charge in [0, 0.05) is 24.1 Å².